The summed E-state index contributed by atoms with van der Waals surface area (Å²) in [6.07, 6.45) is 13.3. The van der Waals surface area contributed by atoms with Gasteiger partial charge >= 0.3 is 0 Å². The average molecular weight is 272 g/mol. The van der Waals surface area contributed by atoms with Crippen molar-refractivity contribution in [1.29, 1.82) is 0 Å². The van der Waals surface area contributed by atoms with Crippen molar-refractivity contribution in [2.45, 2.75) is 33.3 Å². The van der Waals surface area contributed by atoms with Crippen LogP contribution in [0.15, 0.2) is 36.7 Å². The Labute approximate surface area is 121 Å². The molecule has 0 saturated carbocycles. The summed E-state index contributed by atoms with van der Waals surface area (Å²) in [7, 11) is 0. The largest absolute Gasteiger partial charge is 0.487 e. The van der Waals surface area contributed by atoms with Gasteiger partial charge in [-0.15, -0.1) is 0 Å². The summed E-state index contributed by atoms with van der Waals surface area (Å²) in [4.78, 5) is 4.23. The van der Waals surface area contributed by atoms with Crippen LogP contribution in [0.25, 0.3) is 6.08 Å². The van der Waals surface area contributed by atoms with E-state index < -0.39 is 0 Å². The van der Waals surface area contributed by atoms with E-state index in [9.17, 15) is 0 Å². The molecule has 1 aliphatic heterocycles. The van der Waals surface area contributed by atoms with Crippen LogP contribution in [0.1, 0.15) is 32.8 Å². The van der Waals surface area contributed by atoms with E-state index in [-0.39, 0.29) is 11.5 Å². The highest BCUT2D eigenvalue weighted by molar-refractivity contribution is 5.51. The quantitative estimate of drug-likeness (QED) is 0.853. The number of pyridine rings is 1. The Bertz CT molecular complexity index is 480. The van der Waals surface area contributed by atoms with E-state index in [1.165, 1.54) is 0 Å². The number of nitrogens with one attached hydrogen (secondary N) is 1. The summed E-state index contributed by atoms with van der Waals surface area (Å²) >= 11 is 0. The molecule has 0 aliphatic carbocycles. The fraction of sp³-hybridized carbons (Fsp3) is 0.471. The third kappa shape index (κ3) is 5.17. The second-order valence-corrected chi connectivity index (χ2v) is 6.27. The average Bonchev–Trinajstić information content (AvgIpc) is 2.87. The molecule has 2 rings (SSSR count). The van der Waals surface area contributed by atoms with E-state index in [2.05, 4.69) is 49.3 Å². The van der Waals surface area contributed by atoms with Gasteiger partial charge in [0.2, 0.25) is 0 Å². The fourth-order valence-corrected chi connectivity index (χ4v) is 2.02. The second-order valence-electron chi connectivity index (χ2n) is 6.27. The molecule has 0 radical (unpaired) electrons. The van der Waals surface area contributed by atoms with Gasteiger partial charge in [-0.2, -0.15) is 0 Å². The molecule has 3 nitrogen and oxygen atoms in total. The summed E-state index contributed by atoms with van der Waals surface area (Å²) in [6.45, 7) is 8.51. The van der Waals surface area contributed by atoms with Gasteiger partial charge < -0.3 is 10.1 Å². The van der Waals surface area contributed by atoms with Crippen LogP contribution >= 0.6 is 0 Å². The molecule has 0 amide bonds. The molecule has 2 heterocycles. The number of allylic oxidation sites excluding steroid dienone is 3. The zero-order valence-electron chi connectivity index (χ0n) is 12.6. The molecule has 20 heavy (non-hydrogen) atoms. The number of aromatic nitrogens is 1. The smallest absolute Gasteiger partial charge is 0.138 e. The minimum absolute atomic E-state index is 0.211. The molecule has 0 unspecified atom stereocenters. The monoisotopic (exact) mass is 272 g/mol. The summed E-state index contributed by atoms with van der Waals surface area (Å²) in [5.74, 6) is 0.848. The lowest BCUT2D eigenvalue weighted by molar-refractivity contribution is 0.222. The van der Waals surface area contributed by atoms with Crippen LogP contribution in [-0.2, 0) is 0 Å². The van der Waals surface area contributed by atoms with Gasteiger partial charge in [-0.1, -0.05) is 45.1 Å². The molecular weight excluding hydrogens is 248 g/mol. The predicted molar refractivity (Wildman–Crippen MR) is 83.8 cm³/mol. The van der Waals surface area contributed by atoms with Gasteiger partial charge in [0, 0.05) is 12.7 Å². The minimum Gasteiger partial charge on any atom is -0.487 e. The van der Waals surface area contributed by atoms with Gasteiger partial charge in [-0.25, -0.2) is 0 Å². The molecule has 1 N–H and O–H groups in total. The Balaban J connectivity index is 1.95. The maximum Gasteiger partial charge on any atom is 0.138 e. The van der Waals surface area contributed by atoms with Crippen molar-refractivity contribution >= 4 is 6.08 Å². The molecule has 3 heteroatoms. The van der Waals surface area contributed by atoms with Gasteiger partial charge in [0.25, 0.3) is 0 Å². The highest BCUT2D eigenvalue weighted by atomic mass is 16.5. The van der Waals surface area contributed by atoms with Crippen molar-refractivity contribution in [2.24, 2.45) is 5.41 Å². The minimum atomic E-state index is 0.211. The Hall–Kier alpha value is -1.61. The van der Waals surface area contributed by atoms with Crippen LogP contribution in [0.2, 0.25) is 0 Å². The van der Waals surface area contributed by atoms with Gasteiger partial charge in [-0.05, 0) is 30.0 Å². The second kappa shape index (κ2) is 6.71. The maximum absolute atomic E-state index is 5.90. The molecule has 0 aromatic carbocycles. The summed E-state index contributed by atoms with van der Waals surface area (Å²) < 4.78 is 5.90. The van der Waals surface area contributed by atoms with Crippen molar-refractivity contribution in [1.82, 2.24) is 10.3 Å². The van der Waals surface area contributed by atoms with Gasteiger partial charge in [0.05, 0.1) is 6.20 Å². The van der Waals surface area contributed by atoms with Crippen LogP contribution in [-0.4, -0.2) is 24.2 Å². The highest BCUT2D eigenvalue weighted by Crippen LogP contribution is 2.17. The van der Waals surface area contributed by atoms with Crippen LogP contribution in [0.5, 0.6) is 5.75 Å². The summed E-state index contributed by atoms with van der Waals surface area (Å²) in [6, 6.07) is 2.03. The summed E-state index contributed by atoms with van der Waals surface area (Å²) in [5, 5.41) is 3.29. The lowest BCUT2D eigenvalue weighted by atomic mass is 9.96. The topological polar surface area (TPSA) is 34.1 Å². The first-order valence-corrected chi connectivity index (χ1v) is 7.21. The molecule has 108 valence electrons. The molecule has 1 aromatic heterocycles. The van der Waals surface area contributed by atoms with Crippen LogP contribution in [0.4, 0.5) is 0 Å². The number of hydrogen-bond acceptors (Lipinski definition) is 3. The zero-order chi connectivity index (χ0) is 14.4. The first kappa shape index (κ1) is 14.8. The number of nitrogens with zero attached hydrogens (tertiary/aromatic N) is 1. The molecular formula is C17H24N2O. The lowest BCUT2D eigenvalue weighted by Gasteiger charge is -2.12. The van der Waals surface area contributed by atoms with Crippen LogP contribution in [0.3, 0.4) is 0 Å². The van der Waals surface area contributed by atoms with E-state index in [0.717, 1.165) is 30.8 Å². The first-order valence-electron chi connectivity index (χ1n) is 7.21. The van der Waals surface area contributed by atoms with Crippen LogP contribution in [0, 0.1) is 5.41 Å². The summed E-state index contributed by atoms with van der Waals surface area (Å²) in [5.41, 5.74) is 1.27. The fourth-order valence-electron chi connectivity index (χ4n) is 2.02. The standard InChI is InChI=1S/C17H24N2O/c1-17(2,3)8-5-4-6-14-10-16(13-19-11-14)20-15-7-9-18-12-15/h4-6,8,10-11,13,15,18H,7,9,12H2,1-3H3/b6-4+,8-5+/t15-/m1/s1. The molecule has 1 atom stereocenters. The molecule has 1 saturated heterocycles. The van der Waals surface area contributed by atoms with Gasteiger partial charge in [-0.3, -0.25) is 4.98 Å². The molecule has 1 aliphatic rings. The molecule has 0 spiro atoms. The number of ether oxygens (including phenoxy) is 1. The van der Waals surface area contributed by atoms with Crippen molar-refractivity contribution in [3.63, 3.8) is 0 Å². The van der Waals surface area contributed by atoms with E-state index in [0.29, 0.717) is 0 Å². The molecule has 1 fully saturated rings. The van der Waals surface area contributed by atoms with Gasteiger partial charge in [0.15, 0.2) is 0 Å². The van der Waals surface area contributed by atoms with Crippen LogP contribution < -0.4 is 10.1 Å². The maximum atomic E-state index is 5.90. The van der Waals surface area contributed by atoms with E-state index in [1.807, 2.05) is 18.3 Å². The van der Waals surface area contributed by atoms with E-state index >= 15 is 0 Å². The lowest BCUT2D eigenvalue weighted by Crippen LogP contribution is -2.19. The number of hydrogen-bond donors (Lipinski definition) is 1. The predicted octanol–water partition coefficient (Wildman–Crippen LogP) is 3.44. The molecule has 1 aromatic rings. The van der Waals surface area contributed by atoms with E-state index in [4.69, 9.17) is 4.74 Å². The Morgan fingerprint density at radius 1 is 1.30 bits per heavy atom. The molecule has 0 bridgehead atoms. The number of rotatable bonds is 4. The first-order chi connectivity index (χ1) is 9.53. The Morgan fingerprint density at radius 3 is 2.85 bits per heavy atom. The SMILES string of the molecule is CC(C)(C)/C=C/C=C/c1cncc(O[C@@H]2CCNC2)c1. The zero-order valence-corrected chi connectivity index (χ0v) is 12.6. The third-order valence-corrected chi connectivity index (χ3v) is 3.05. The van der Waals surface area contributed by atoms with Crippen molar-refractivity contribution in [3.05, 3.63) is 42.3 Å². The van der Waals surface area contributed by atoms with Crippen molar-refractivity contribution < 1.29 is 4.74 Å². The Kier molecular flexibility index (Phi) is 4.96. The normalized spacial score (nSPS) is 20.1. The van der Waals surface area contributed by atoms with E-state index in [1.54, 1.807) is 6.20 Å². The highest BCUT2D eigenvalue weighted by Gasteiger charge is 2.15. The van der Waals surface area contributed by atoms with Gasteiger partial charge in [0.1, 0.15) is 11.9 Å². The van der Waals surface area contributed by atoms with Crippen molar-refractivity contribution in [2.75, 3.05) is 13.1 Å². The third-order valence-electron chi connectivity index (χ3n) is 3.05. The Morgan fingerprint density at radius 2 is 2.15 bits per heavy atom. The van der Waals surface area contributed by atoms with Crippen molar-refractivity contribution in [3.8, 4) is 5.75 Å².